The average molecular weight is 411 g/mol. The molecule has 0 aliphatic carbocycles. The Balaban J connectivity index is 1.73. The van der Waals surface area contributed by atoms with Crippen molar-refractivity contribution in [1.29, 1.82) is 0 Å². The van der Waals surface area contributed by atoms with E-state index in [9.17, 15) is 14.4 Å². The maximum absolute atomic E-state index is 12.1. The number of hydrazone groups is 1. The van der Waals surface area contributed by atoms with Gasteiger partial charge in [-0.05, 0) is 60.9 Å². The fourth-order valence-electron chi connectivity index (χ4n) is 2.41. The summed E-state index contributed by atoms with van der Waals surface area (Å²) in [5.41, 5.74) is 5.96. The fourth-order valence-corrected chi connectivity index (χ4v) is 2.41. The van der Waals surface area contributed by atoms with Crippen molar-refractivity contribution in [1.82, 2.24) is 5.43 Å². The number of nitrogens with zero attached hydrogens (tertiary/aromatic N) is 1. The summed E-state index contributed by atoms with van der Waals surface area (Å²) in [5.74, 6) is -0.548. The van der Waals surface area contributed by atoms with E-state index < -0.39 is 5.97 Å². The molecule has 0 saturated heterocycles. The van der Waals surface area contributed by atoms with Crippen molar-refractivity contribution in [2.75, 3.05) is 19.0 Å². The lowest BCUT2D eigenvalue weighted by Crippen LogP contribution is -2.21. The molecular weight excluding hydrogens is 386 g/mol. The van der Waals surface area contributed by atoms with E-state index in [-0.39, 0.29) is 31.3 Å². The van der Waals surface area contributed by atoms with Crippen LogP contribution in [0, 0.1) is 13.8 Å². The maximum atomic E-state index is 12.1. The monoisotopic (exact) mass is 411 g/mol. The Morgan fingerprint density at radius 2 is 1.70 bits per heavy atom. The van der Waals surface area contributed by atoms with Crippen LogP contribution in [-0.4, -0.2) is 37.7 Å². The Kier molecular flexibility index (Phi) is 8.56. The second-order valence-corrected chi connectivity index (χ2v) is 6.52. The van der Waals surface area contributed by atoms with Crippen molar-refractivity contribution in [3.05, 3.63) is 59.2 Å². The number of aryl methyl sites for hydroxylation is 1. The van der Waals surface area contributed by atoms with Crippen molar-refractivity contribution >= 4 is 29.7 Å². The lowest BCUT2D eigenvalue weighted by Gasteiger charge is -2.10. The molecule has 2 amide bonds. The van der Waals surface area contributed by atoms with Crippen molar-refractivity contribution in [2.45, 2.75) is 26.7 Å². The van der Waals surface area contributed by atoms with Gasteiger partial charge < -0.3 is 14.8 Å². The van der Waals surface area contributed by atoms with E-state index in [1.165, 1.54) is 13.3 Å². The van der Waals surface area contributed by atoms with Gasteiger partial charge in [0.1, 0.15) is 5.75 Å². The van der Waals surface area contributed by atoms with Crippen LogP contribution in [0.1, 0.15) is 29.5 Å². The zero-order valence-electron chi connectivity index (χ0n) is 17.2. The van der Waals surface area contributed by atoms with Gasteiger partial charge in [0.2, 0.25) is 11.8 Å². The highest BCUT2D eigenvalue weighted by Crippen LogP contribution is 2.18. The van der Waals surface area contributed by atoms with E-state index in [1.54, 1.807) is 24.3 Å². The van der Waals surface area contributed by atoms with Gasteiger partial charge in [-0.15, -0.1) is 0 Å². The summed E-state index contributed by atoms with van der Waals surface area (Å²) in [7, 11) is 1.29. The molecule has 8 nitrogen and oxygen atoms in total. The van der Waals surface area contributed by atoms with Crippen LogP contribution >= 0.6 is 0 Å². The summed E-state index contributed by atoms with van der Waals surface area (Å²) in [5, 5.41) is 6.69. The molecule has 0 spiro atoms. The molecule has 2 aromatic carbocycles. The van der Waals surface area contributed by atoms with Crippen LogP contribution in [-0.2, 0) is 19.1 Å². The first kappa shape index (κ1) is 22.6. The number of esters is 1. The van der Waals surface area contributed by atoms with Gasteiger partial charge in [-0.1, -0.05) is 12.1 Å². The molecule has 2 N–H and O–H groups in total. The number of rotatable bonds is 9. The van der Waals surface area contributed by atoms with E-state index in [2.05, 4.69) is 20.6 Å². The fraction of sp³-hybridized carbons (Fsp3) is 0.273. The predicted octanol–water partition coefficient (Wildman–Crippen LogP) is 2.72. The summed E-state index contributed by atoms with van der Waals surface area (Å²) in [6.07, 6.45) is 1.55. The predicted molar refractivity (Wildman–Crippen MR) is 113 cm³/mol. The van der Waals surface area contributed by atoms with Crippen LogP contribution in [0.15, 0.2) is 47.6 Å². The van der Waals surface area contributed by atoms with Gasteiger partial charge in [-0.2, -0.15) is 5.10 Å². The minimum Gasteiger partial charge on any atom is -0.482 e. The SMILES string of the molecule is COC(=O)COc1ccc(C=NNC(=O)CCC(=O)Nc2cccc(C)c2C)cc1. The van der Waals surface area contributed by atoms with Crippen molar-refractivity contribution in [3.63, 3.8) is 0 Å². The van der Waals surface area contributed by atoms with Crippen molar-refractivity contribution in [2.24, 2.45) is 5.10 Å². The van der Waals surface area contributed by atoms with Crippen LogP contribution in [0.25, 0.3) is 0 Å². The summed E-state index contributed by atoms with van der Waals surface area (Å²) in [6, 6.07) is 12.5. The number of ether oxygens (including phenoxy) is 2. The number of hydrogen-bond acceptors (Lipinski definition) is 6. The molecule has 8 heteroatoms. The van der Waals surface area contributed by atoms with Crippen LogP contribution in [0.5, 0.6) is 5.75 Å². The van der Waals surface area contributed by atoms with Crippen LogP contribution in [0.4, 0.5) is 5.69 Å². The standard InChI is InChI=1S/C22H25N3O5/c1-15-5-4-6-19(16(15)2)24-20(26)11-12-21(27)25-23-13-17-7-9-18(10-8-17)30-14-22(28)29-3/h4-10,13H,11-12,14H2,1-3H3,(H,24,26)(H,25,27). The highest BCUT2D eigenvalue weighted by molar-refractivity contribution is 5.94. The maximum Gasteiger partial charge on any atom is 0.343 e. The Hall–Kier alpha value is -3.68. The number of carbonyl (C=O) groups is 3. The van der Waals surface area contributed by atoms with E-state index >= 15 is 0 Å². The van der Waals surface area contributed by atoms with E-state index in [1.807, 2.05) is 32.0 Å². The third kappa shape index (κ3) is 7.38. The van der Waals surface area contributed by atoms with E-state index in [0.717, 1.165) is 22.4 Å². The van der Waals surface area contributed by atoms with Gasteiger partial charge >= 0.3 is 5.97 Å². The molecule has 0 aliphatic rings. The largest absolute Gasteiger partial charge is 0.482 e. The van der Waals surface area contributed by atoms with E-state index in [0.29, 0.717) is 5.75 Å². The first-order valence-electron chi connectivity index (χ1n) is 9.36. The quantitative estimate of drug-likeness (QED) is 0.375. The zero-order valence-corrected chi connectivity index (χ0v) is 17.2. The van der Waals surface area contributed by atoms with Gasteiger partial charge in [0.05, 0.1) is 13.3 Å². The molecule has 30 heavy (non-hydrogen) atoms. The third-order valence-corrected chi connectivity index (χ3v) is 4.33. The molecule has 0 unspecified atom stereocenters. The van der Waals surface area contributed by atoms with Gasteiger partial charge in [0, 0.05) is 18.5 Å². The number of carbonyl (C=O) groups excluding carboxylic acids is 3. The molecule has 2 rings (SSSR count). The van der Waals surface area contributed by atoms with Gasteiger partial charge in [0.25, 0.3) is 0 Å². The summed E-state index contributed by atoms with van der Waals surface area (Å²) >= 11 is 0. The molecule has 0 fully saturated rings. The van der Waals surface area contributed by atoms with Crippen LogP contribution < -0.4 is 15.5 Å². The van der Waals surface area contributed by atoms with Crippen LogP contribution in [0.3, 0.4) is 0 Å². The number of hydrogen-bond donors (Lipinski definition) is 2. The molecule has 0 aliphatic heterocycles. The Morgan fingerprint density at radius 3 is 2.40 bits per heavy atom. The Morgan fingerprint density at radius 1 is 1.00 bits per heavy atom. The molecule has 0 radical (unpaired) electrons. The summed E-state index contributed by atoms with van der Waals surface area (Å²) in [6.45, 7) is 3.74. The lowest BCUT2D eigenvalue weighted by molar-refractivity contribution is -0.142. The lowest BCUT2D eigenvalue weighted by atomic mass is 10.1. The minimum atomic E-state index is -0.467. The van der Waals surface area contributed by atoms with Crippen molar-refractivity contribution in [3.8, 4) is 5.75 Å². The topological polar surface area (TPSA) is 106 Å². The number of anilines is 1. The molecule has 0 bridgehead atoms. The second-order valence-electron chi connectivity index (χ2n) is 6.52. The minimum absolute atomic E-state index is 0.0222. The van der Waals surface area contributed by atoms with Crippen molar-refractivity contribution < 1.29 is 23.9 Å². The van der Waals surface area contributed by atoms with E-state index in [4.69, 9.17) is 4.74 Å². The summed E-state index contributed by atoms with van der Waals surface area (Å²) in [4.78, 5) is 35.0. The average Bonchev–Trinajstić information content (AvgIpc) is 2.74. The third-order valence-electron chi connectivity index (χ3n) is 4.33. The van der Waals surface area contributed by atoms with Gasteiger partial charge in [-0.3, -0.25) is 9.59 Å². The first-order valence-corrected chi connectivity index (χ1v) is 9.36. The van der Waals surface area contributed by atoms with Gasteiger partial charge in [0.15, 0.2) is 6.61 Å². The normalized spacial score (nSPS) is 10.5. The first-order chi connectivity index (χ1) is 14.4. The zero-order chi connectivity index (χ0) is 21.9. The number of nitrogens with one attached hydrogen (secondary N) is 2. The highest BCUT2D eigenvalue weighted by Gasteiger charge is 2.09. The Labute approximate surface area is 175 Å². The molecule has 0 atom stereocenters. The Bertz CT molecular complexity index is 923. The molecule has 158 valence electrons. The highest BCUT2D eigenvalue weighted by atomic mass is 16.6. The molecule has 0 heterocycles. The molecule has 2 aromatic rings. The number of benzene rings is 2. The molecule has 0 aromatic heterocycles. The summed E-state index contributed by atoms with van der Waals surface area (Å²) < 4.78 is 9.74. The van der Waals surface area contributed by atoms with Crippen LogP contribution in [0.2, 0.25) is 0 Å². The van der Waals surface area contributed by atoms with Gasteiger partial charge in [-0.25, -0.2) is 10.2 Å². The smallest absolute Gasteiger partial charge is 0.343 e. The second kappa shape index (κ2) is 11.4. The number of amides is 2. The molecular formula is C22H25N3O5. The number of methoxy groups -OCH3 is 1. The molecule has 0 saturated carbocycles.